The molecule has 0 aliphatic heterocycles. The van der Waals surface area contributed by atoms with Gasteiger partial charge in [-0.1, -0.05) is 54.4 Å². The third-order valence-corrected chi connectivity index (χ3v) is 7.51. The van der Waals surface area contributed by atoms with Gasteiger partial charge in [0.05, 0.1) is 11.9 Å². The summed E-state index contributed by atoms with van der Waals surface area (Å²) in [5.41, 5.74) is 1.69. The van der Waals surface area contributed by atoms with Gasteiger partial charge >= 0.3 is 0 Å². The Labute approximate surface area is 212 Å². The number of amides is 2. The zero-order valence-electron chi connectivity index (χ0n) is 20.0. The van der Waals surface area contributed by atoms with Crippen LogP contribution in [-0.4, -0.2) is 50.0 Å². The molecule has 0 heterocycles. The molecule has 0 spiro atoms. The fourth-order valence-electron chi connectivity index (χ4n) is 3.21. The van der Waals surface area contributed by atoms with Crippen LogP contribution in [0.1, 0.15) is 38.3 Å². The Morgan fingerprint density at radius 3 is 2.26 bits per heavy atom. The largest absolute Gasteiger partial charge is 0.352 e. The topological polar surface area (TPSA) is 86.8 Å². The molecule has 0 fully saturated rings. The minimum Gasteiger partial charge on any atom is -0.352 e. The Morgan fingerprint density at radius 2 is 1.71 bits per heavy atom. The molecule has 0 radical (unpaired) electrons. The summed E-state index contributed by atoms with van der Waals surface area (Å²) in [4.78, 5) is 27.7. The van der Waals surface area contributed by atoms with E-state index in [-0.39, 0.29) is 24.2 Å². The number of hydrogen-bond donors (Lipinski definition) is 1. The number of sulfonamides is 1. The highest BCUT2D eigenvalue weighted by molar-refractivity contribution is 7.92. The van der Waals surface area contributed by atoms with Gasteiger partial charge in [0, 0.05) is 22.6 Å². The molecule has 0 aliphatic carbocycles. The minimum absolute atomic E-state index is 0.0415. The minimum atomic E-state index is -3.83. The molecule has 0 bridgehead atoms. The highest BCUT2D eigenvalue weighted by Gasteiger charge is 2.31. The molecule has 1 N–H and O–H groups in total. The summed E-state index contributed by atoms with van der Waals surface area (Å²) in [6.45, 7) is 6.77. The van der Waals surface area contributed by atoms with E-state index in [2.05, 4.69) is 5.32 Å². The van der Waals surface area contributed by atoms with E-state index in [1.54, 1.807) is 50.2 Å². The second kappa shape index (κ2) is 11.9. The standard InChI is InChI=1S/C24H31Cl2N3O4S/c1-6-17(3)27-24(31)18(4)28(14-19-9-7-8-10-21(19)25)23(30)15-29(34(5,32)33)20-12-11-16(2)22(26)13-20/h7-13,17-18H,6,14-15H2,1-5H3,(H,27,31)/t17-,18+/m1/s1. The average Bonchev–Trinajstić information content (AvgIpc) is 2.77. The van der Waals surface area contributed by atoms with Crippen LogP contribution in [0.4, 0.5) is 5.69 Å². The van der Waals surface area contributed by atoms with Gasteiger partial charge in [0.25, 0.3) is 0 Å². The van der Waals surface area contributed by atoms with E-state index in [0.717, 1.165) is 22.5 Å². The molecule has 2 aromatic rings. The molecule has 34 heavy (non-hydrogen) atoms. The summed E-state index contributed by atoms with van der Waals surface area (Å²) >= 11 is 12.5. The highest BCUT2D eigenvalue weighted by atomic mass is 35.5. The van der Waals surface area contributed by atoms with Gasteiger partial charge in [0.2, 0.25) is 21.8 Å². The van der Waals surface area contributed by atoms with Crippen LogP contribution in [0, 0.1) is 6.92 Å². The Morgan fingerprint density at radius 1 is 1.06 bits per heavy atom. The smallest absolute Gasteiger partial charge is 0.244 e. The lowest BCUT2D eigenvalue weighted by molar-refractivity contribution is -0.139. The monoisotopic (exact) mass is 527 g/mol. The average molecular weight is 529 g/mol. The molecule has 0 aliphatic rings. The second-order valence-corrected chi connectivity index (χ2v) is 11.0. The van der Waals surface area contributed by atoms with E-state index in [9.17, 15) is 18.0 Å². The maximum atomic E-state index is 13.5. The van der Waals surface area contributed by atoms with Crippen molar-refractivity contribution in [3.63, 3.8) is 0 Å². The van der Waals surface area contributed by atoms with Gasteiger partial charge in [-0.2, -0.15) is 0 Å². The number of anilines is 1. The maximum Gasteiger partial charge on any atom is 0.244 e. The fraction of sp³-hybridized carbons (Fsp3) is 0.417. The van der Waals surface area contributed by atoms with Crippen LogP contribution in [-0.2, 0) is 26.2 Å². The van der Waals surface area contributed by atoms with Gasteiger partial charge in [-0.3, -0.25) is 13.9 Å². The molecule has 2 atom stereocenters. The number of carbonyl (C=O) groups is 2. The molecule has 0 saturated carbocycles. The Balaban J connectivity index is 2.42. The van der Waals surface area contributed by atoms with Crippen LogP contribution >= 0.6 is 23.2 Å². The van der Waals surface area contributed by atoms with E-state index in [4.69, 9.17) is 23.2 Å². The van der Waals surface area contributed by atoms with Gasteiger partial charge in [-0.05, 0) is 56.5 Å². The normalized spacial score (nSPS) is 13.1. The van der Waals surface area contributed by atoms with E-state index >= 15 is 0 Å². The first-order valence-corrected chi connectivity index (χ1v) is 13.5. The van der Waals surface area contributed by atoms with E-state index in [1.165, 1.54) is 11.0 Å². The maximum absolute atomic E-state index is 13.5. The van der Waals surface area contributed by atoms with Crippen LogP contribution in [0.5, 0.6) is 0 Å². The van der Waals surface area contributed by atoms with Crippen LogP contribution in [0.2, 0.25) is 10.0 Å². The lowest BCUT2D eigenvalue weighted by atomic mass is 10.1. The molecule has 0 aromatic heterocycles. The quantitative estimate of drug-likeness (QED) is 0.495. The van der Waals surface area contributed by atoms with Gasteiger partial charge in [0.1, 0.15) is 12.6 Å². The molecule has 10 heteroatoms. The number of aryl methyl sites for hydroxylation is 1. The van der Waals surface area contributed by atoms with Crippen molar-refractivity contribution in [3.8, 4) is 0 Å². The van der Waals surface area contributed by atoms with Crippen molar-refractivity contribution in [1.82, 2.24) is 10.2 Å². The van der Waals surface area contributed by atoms with Crippen LogP contribution < -0.4 is 9.62 Å². The molecule has 0 unspecified atom stereocenters. The summed E-state index contributed by atoms with van der Waals surface area (Å²) in [5.74, 6) is -0.882. The van der Waals surface area contributed by atoms with Crippen molar-refractivity contribution < 1.29 is 18.0 Å². The van der Waals surface area contributed by atoms with Crippen molar-refractivity contribution in [2.75, 3.05) is 17.1 Å². The van der Waals surface area contributed by atoms with Gasteiger partial charge in [-0.25, -0.2) is 8.42 Å². The summed E-state index contributed by atoms with van der Waals surface area (Å²) in [6.07, 6.45) is 1.75. The highest BCUT2D eigenvalue weighted by Crippen LogP contribution is 2.26. The fourth-order valence-corrected chi connectivity index (χ4v) is 4.42. The Bertz CT molecular complexity index is 1140. The number of rotatable bonds is 10. The van der Waals surface area contributed by atoms with Crippen molar-refractivity contribution in [2.45, 2.75) is 52.7 Å². The number of nitrogens with zero attached hydrogens (tertiary/aromatic N) is 2. The van der Waals surface area contributed by atoms with Gasteiger partial charge in [-0.15, -0.1) is 0 Å². The van der Waals surface area contributed by atoms with Crippen molar-refractivity contribution in [1.29, 1.82) is 0 Å². The molecular weight excluding hydrogens is 497 g/mol. The van der Waals surface area contributed by atoms with E-state index in [1.807, 2.05) is 13.8 Å². The van der Waals surface area contributed by atoms with Crippen LogP contribution in [0.25, 0.3) is 0 Å². The lowest BCUT2D eigenvalue weighted by Crippen LogP contribution is -2.52. The summed E-state index contributed by atoms with van der Waals surface area (Å²) in [7, 11) is -3.83. The molecule has 186 valence electrons. The number of benzene rings is 2. The Kier molecular flexibility index (Phi) is 9.79. The second-order valence-electron chi connectivity index (χ2n) is 8.31. The lowest BCUT2D eigenvalue weighted by Gasteiger charge is -2.32. The number of hydrogen-bond acceptors (Lipinski definition) is 4. The molecule has 0 saturated heterocycles. The number of carbonyl (C=O) groups excluding carboxylic acids is 2. The third kappa shape index (κ3) is 7.35. The Hall–Kier alpha value is -2.29. The molecule has 2 amide bonds. The van der Waals surface area contributed by atoms with Gasteiger partial charge < -0.3 is 10.2 Å². The number of halogens is 2. The summed E-state index contributed by atoms with van der Waals surface area (Å²) < 4.78 is 26.2. The first kappa shape index (κ1) is 28.0. The molecular formula is C24H31Cl2N3O4S. The van der Waals surface area contributed by atoms with Crippen molar-refractivity contribution in [3.05, 3.63) is 63.6 Å². The third-order valence-electron chi connectivity index (χ3n) is 5.59. The van der Waals surface area contributed by atoms with Crippen LogP contribution in [0.15, 0.2) is 42.5 Å². The first-order chi connectivity index (χ1) is 15.8. The summed E-state index contributed by atoms with van der Waals surface area (Å²) in [6, 6.07) is 10.8. The number of nitrogens with one attached hydrogen (secondary N) is 1. The van der Waals surface area contributed by atoms with Crippen LogP contribution in [0.3, 0.4) is 0 Å². The van der Waals surface area contributed by atoms with Crippen molar-refractivity contribution in [2.24, 2.45) is 0 Å². The van der Waals surface area contributed by atoms with E-state index in [0.29, 0.717) is 15.6 Å². The zero-order chi connectivity index (χ0) is 25.6. The molecule has 7 nitrogen and oxygen atoms in total. The molecule has 2 aromatic carbocycles. The predicted octanol–water partition coefficient (Wildman–Crippen LogP) is 4.40. The first-order valence-electron chi connectivity index (χ1n) is 10.9. The SMILES string of the molecule is CC[C@@H](C)NC(=O)[C@H](C)N(Cc1ccccc1Cl)C(=O)CN(c1ccc(C)c(Cl)c1)S(C)(=O)=O. The predicted molar refractivity (Wildman–Crippen MR) is 138 cm³/mol. The van der Waals surface area contributed by atoms with Crippen molar-refractivity contribution >= 4 is 50.7 Å². The van der Waals surface area contributed by atoms with E-state index < -0.39 is 28.5 Å². The zero-order valence-corrected chi connectivity index (χ0v) is 22.3. The van der Waals surface area contributed by atoms with Gasteiger partial charge in [0.15, 0.2) is 0 Å². The summed E-state index contributed by atoms with van der Waals surface area (Å²) in [5, 5.41) is 3.71. The molecule has 2 rings (SSSR count).